The molecule has 2 aromatic carbocycles. The standard InChI is InChI=1S/C16H10Cl3FN2O2/c1-7(9-3-2-4-10(14(9)20)16(23)24)22-15-8(6-21-22)5-11(17)12(18)13(15)19/h2-7H,1H3,(H,23,24). The highest BCUT2D eigenvalue weighted by Gasteiger charge is 2.22. The van der Waals surface area contributed by atoms with E-state index in [9.17, 15) is 9.18 Å². The number of hydrogen-bond donors (Lipinski definition) is 1. The number of fused-ring (bicyclic) bond motifs is 1. The lowest BCUT2D eigenvalue weighted by molar-refractivity contribution is 0.0691. The van der Waals surface area contributed by atoms with E-state index in [4.69, 9.17) is 39.9 Å². The van der Waals surface area contributed by atoms with Crippen molar-refractivity contribution < 1.29 is 14.3 Å². The van der Waals surface area contributed by atoms with E-state index in [0.717, 1.165) is 0 Å². The predicted octanol–water partition coefficient (Wildman–Crippen LogP) is 5.44. The molecule has 0 spiro atoms. The van der Waals surface area contributed by atoms with Crippen LogP contribution in [0.4, 0.5) is 4.39 Å². The number of hydrogen-bond acceptors (Lipinski definition) is 2. The van der Waals surface area contributed by atoms with Gasteiger partial charge in [0.05, 0.1) is 38.4 Å². The third-order valence-electron chi connectivity index (χ3n) is 3.79. The molecule has 8 heteroatoms. The molecule has 1 atom stereocenters. The maximum Gasteiger partial charge on any atom is 0.338 e. The van der Waals surface area contributed by atoms with Crippen molar-refractivity contribution in [2.75, 3.05) is 0 Å². The highest BCUT2D eigenvalue weighted by molar-refractivity contribution is 6.50. The molecule has 0 fully saturated rings. The summed E-state index contributed by atoms with van der Waals surface area (Å²) in [4.78, 5) is 11.1. The zero-order valence-electron chi connectivity index (χ0n) is 12.2. The van der Waals surface area contributed by atoms with E-state index < -0.39 is 23.4 Å². The molecule has 0 aliphatic heterocycles. The van der Waals surface area contributed by atoms with E-state index in [0.29, 0.717) is 15.9 Å². The molecule has 4 nitrogen and oxygen atoms in total. The van der Waals surface area contributed by atoms with Gasteiger partial charge in [0.1, 0.15) is 5.82 Å². The van der Waals surface area contributed by atoms with E-state index in [2.05, 4.69) is 5.10 Å². The van der Waals surface area contributed by atoms with Gasteiger partial charge in [-0.3, -0.25) is 4.68 Å². The van der Waals surface area contributed by atoms with Crippen LogP contribution in [0.1, 0.15) is 28.9 Å². The Bertz CT molecular complexity index is 972. The molecular formula is C16H10Cl3FN2O2. The molecule has 0 aliphatic carbocycles. The van der Waals surface area contributed by atoms with E-state index in [1.807, 2.05) is 0 Å². The van der Waals surface area contributed by atoms with Crippen molar-refractivity contribution in [2.24, 2.45) is 0 Å². The van der Waals surface area contributed by atoms with Crippen LogP contribution in [0.5, 0.6) is 0 Å². The minimum Gasteiger partial charge on any atom is -0.478 e. The minimum atomic E-state index is -1.33. The van der Waals surface area contributed by atoms with Crippen molar-refractivity contribution in [3.63, 3.8) is 0 Å². The zero-order valence-corrected chi connectivity index (χ0v) is 14.5. The topological polar surface area (TPSA) is 55.1 Å². The molecule has 1 unspecified atom stereocenters. The Morgan fingerprint density at radius 3 is 2.67 bits per heavy atom. The molecule has 0 saturated heterocycles. The van der Waals surface area contributed by atoms with Crippen LogP contribution in [0, 0.1) is 5.82 Å². The monoisotopic (exact) mass is 386 g/mol. The van der Waals surface area contributed by atoms with Crippen LogP contribution in [0.2, 0.25) is 15.1 Å². The fourth-order valence-electron chi connectivity index (χ4n) is 2.58. The Kier molecular flexibility index (Phi) is 4.42. The first kappa shape index (κ1) is 17.0. The quantitative estimate of drug-likeness (QED) is 0.609. The number of carboxylic acid groups (broad SMARTS) is 1. The van der Waals surface area contributed by atoms with Gasteiger partial charge in [0.25, 0.3) is 0 Å². The largest absolute Gasteiger partial charge is 0.478 e. The molecule has 3 aromatic rings. The van der Waals surface area contributed by atoms with Crippen molar-refractivity contribution in [2.45, 2.75) is 13.0 Å². The Hall–Kier alpha value is -1.82. The summed E-state index contributed by atoms with van der Waals surface area (Å²) >= 11 is 18.3. The number of benzene rings is 2. The lowest BCUT2D eigenvalue weighted by Crippen LogP contribution is -2.13. The summed E-state index contributed by atoms with van der Waals surface area (Å²) in [5, 5.41) is 14.6. The number of halogens is 4. The van der Waals surface area contributed by atoms with Crippen LogP contribution in [0.3, 0.4) is 0 Å². The number of nitrogens with zero attached hydrogens (tertiary/aromatic N) is 2. The number of rotatable bonds is 3. The number of aromatic nitrogens is 2. The SMILES string of the molecule is CC(c1cccc(C(=O)O)c1F)n1ncc2cc(Cl)c(Cl)c(Cl)c21. The molecule has 0 radical (unpaired) electrons. The minimum absolute atomic E-state index is 0.180. The summed E-state index contributed by atoms with van der Waals surface area (Å²) in [6.07, 6.45) is 1.54. The summed E-state index contributed by atoms with van der Waals surface area (Å²) in [6.45, 7) is 1.69. The number of carbonyl (C=O) groups is 1. The van der Waals surface area contributed by atoms with Gasteiger partial charge in [0.2, 0.25) is 0 Å². The Morgan fingerprint density at radius 1 is 1.29 bits per heavy atom. The van der Waals surface area contributed by atoms with Gasteiger partial charge in [-0.15, -0.1) is 0 Å². The maximum atomic E-state index is 14.5. The lowest BCUT2D eigenvalue weighted by Gasteiger charge is -2.17. The summed E-state index contributed by atoms with van der Waals surface area (Å²) < 4.78 is 16.0. The van der Waals surface area contributed by atoms with E-state index in [1.54, 1.807) is 19.2 Å². The molecule has 3 rings (SSSR count). The lowest BCUT2D eigenvalue weighted by atomic mass is 10.0. The average Bonchev–Trinajstić information content (AvgIpc) is 2.95. The van der Waals surface area contributed by atoms with Gasteiger partial charge in [-0.05, 0) is 19.1 Å². The summed E-state index contributed by atoms with van der Waals surface area (Å²) in [5.74, 6) is -2.14. The van der Waals surface area contributed by atoms with Gasteiger partial charge < -0.3 is 5.11 Å². The summed E-state index contributed by atoms with van der Waals surface area (Å²) in [6, 6.07) is 5.21. The summed E-state index contributed by atoms with van der Waals surface area (Å²) in [7, 11) is 0. The normalized spacial score (nSPS) is 12.5. The van der Waals surface area contributed by atoms with E-state index >= 15 is 0 Å². The first-order valence-electron chi connectivity index (χ1n) is 6.85. The molecule has 24 heavy (non-hydrogen) atoms. The van der Waals surface area contributed by atoms with Crippen LogP contribution in [-0.2, 0) is 0 Å². The predicted molar refractivity (Wildman–Crippen MR) is 91.9 cm³/mol. The van der Waals surface area contributed by atoms with Crippen molar-refractivity contribution in [1.29, 1.82) is 0 Å². The Labute approximate surface area is 151 Å². The van der Waals surface area contributed by atoms with Gasteiger partial charge in [-0.1, -0.05) is 46.9 Å². The Balaban J connectivity index is 2.20. The molecule has 1 heterocycles. The van der Waals surface area contributed by atoms with E-state index in [-0.39, 0.29) is 15.6 Å². The first-order valence-corrected chi connectivity index (χ1v) is 7.98. The van der Waals surface area contributed by atoms with Crippen LogP contribution in [-0.4, -0.2) is 20.9 Å². The van der Waals surface area contributed by atoms with Crippen LogP contribution >= 0.6 is 34.8 Å². The third-order valence-corrected chi connectivity index (χ3v) is 5.04. The second-order valence-electron chi connectivity index (χ2n) is 5.20. The molecule has 1 aromatic heterocycles. The van der Waals surface area contributed by atoms with E-state index in [1.165, 1.54) is 22.9 Å². The molecule has 0 amide bonds. The third kappa shape index (κ3) is 2.62. The van der Waals surface area contributed by atoms with Crippen molar-refractivity contribution >= 4 is 51.7 Å². The van der Waals surface area contributed by atoms with Gasteiger partial charge in [-0.25, -0.2) is 9.18 Å². The highest BCUT2D eigenvalue weighted by Crippen LogP contribution is 2.38. The van der Waals surface area contributed by atoms with Crippen molar-refractivity contribution in [3.8, 4) is 0 Å². The van der Waals surface area contributed by atoms with Gasteiger partial charge in [-0.2, -0.15) is 5.10 Å². The first-order chi connectivity index (χ1) is 11.3. The fourth-order valence-corrected chi connectivity index (χ4v) is 3.28. The molecular weight excluding hydrogens is 378 g/mol. The molecule has 0 aliphatic rings. The summed E-state index contributed by atoms with van der Waals surface area (Å²) in [5.41, 5.74) is 0.281. The second-order valence-corrected chi connectivity index (χ2v) is 6.37. The van der Waals surface area contributed by atoms with Crippen LogP contribution < -0.4 is 0 Å². The van der Waals surface area contributed by atoms with Gasteiger partial charge in [0.15, 0.2) is 0 Å². The highest BCUT2D eigenvalue weighted by atomic mass is 35.5. The van der Waals surface area contributed by atoms with Crippen LogP contribution in [0.25, 0.3) is 10.9 Å². The van der Waals surface area contributed by atoms with Crippen molar-refractivity contribution in [1.82, 2.24) is 9.78 Å². The number of aromatic carboxylic acids is 1. The molecule has 0 bridgehead atoms. The zero-order chi connectivity index (χ0) is 17.6. The smallest absolute Gasteiger partial charge is 0.338 e. The van der Waals surface area contributed by atoms with Gasteiger partial charge >= 0.3 is 5.97 Å². The fraction of sp³-hybridized carbons (Fsp3) is 0.125. The molecule has 0 saturated carbocycles. The second kappa shape index (κ2) is 6.24. The Morgan fingerprint density at radius 2 is 2.00 bits per heavy atom. The molecule has 1 N–H and O–H groups in total. The average molecular weight is 388 g/mol. The van der Waals surface area contributed by atoms with Crippen molar-refractivity contribution in [3.05, 3.63) is 62.5 Å². The van der Waals surface area contributed by atoms with Crippen LogP contribution in [0.15, 0.2) is 30.5 Å². The maximum absolute atomic E-state index is 14.5. The molecule has 124 valence electrons. The number of carboxylic acids is 1. The van der Waals surface area contributed by atoms with Gasteiger partial charge in [0, 0.05) is 10.9 Å².